The van der Waals surface area contributed by atoms with E-state index in [0.29, 0.717) is 6.73 Å². The second-order valence-electron chi connectivity index (χ2n) is 4.27. The topological polar surface area (TPSA) is 26.2 Å². The molecule has 92 valence electrons. The van der Waals surface area contributed by atoms with Gasteiger partial charge < -0.3 is 14.6 Å². The van der Waals surface area contributed by atoms with Crippen LogP contribution in [0.1, 0.15) is 18.9 Å². The van der Waals surface area contributed by atoms with E-state index >= 15 is 0 Å². The van der Waals surface area contributed by atoms with Crippen LogP contribution in [0.3, 0.4) is 0 Å². The summed E-state index contributed by atoms with van der Waals surface area (Å²) in [5.74, 6) is 0. The van der Waals surface area contributed by atoms with Gasteiger partial charge in [0.1, 0.15) is 6.73 Å². The molecule has 0 amide bonds. The van der Waals surface area contributed by atoms with Crippen LogP contribution >= 0.6 is 0 Å². The number of hydrogen-bond acceptors (Lipinski definition) is 2. The molecule has 2 aromatic rings. The van der Waals surface area contributed by atoms with Gasteiger partial charge in [0.15, 0.2) is 0 Å². The second-order valence-corrected chi connectivity index (χ2v) is 4.27. The zero-order chi connectivity index (χ0) is 12.1. The fourth-order valence-electron chi connectivity index (χ4n) is 2.02. The fourth-order valence-corrected chi connectivity index (χ4v) is 2.02. The molecule has 0 bridgehead atoms. The summed E-state index contributed by atoms with van der Waals surface area (Å²) in [6.07, 6.45) is 3.24. The van der Waals surface area contributed by atoms with E-state index in [0.717, 1.165) is 13.1 Å². The van der Waals surface area contributed by atoms with E-state index in [-0.39, 0.29) is 0 Å². The fraction of sp³-hybridized carbons (Fsp3) is 0.429. The number of nitrogens with zero attached hydrogens (tertiary/aromatic N) is 1. The SMILES string of the molecule is CCCNCc1ccc2c(ccn2COC)c1. The largest absolute Gasteiger partial charge is 0.364 e. The highest BCUT2D eigenvalue weighted by Gasteiger charge is 2.01. The van der Waals surface area contributed by atoms with Gasteiger partial charge in [0.25, 0.3) is 0 Å². The van der Waals surface area contributed by atoms with E-state index in [1.165, 1.54) is 22.9 Å². The predicted molar refractivity (Wildman–Crippen MR) is 70.9 cm³/mol. The number of nitrogens with one attached hydrogen (secondary N) is 1. The van der Waals surface area contributed by atoms with Crippen molar-refractivity contribution >= 4 is 10.9 Å². The van der Waals surface area contributed by atoms with Crippen LogP contribution in [0.5, 0.6) is 0 Å². The van der Waals surface area contributed by atoms with Gasteiger partial charge >= 0.3 is 0 Å². The van der Waals surface area contributed by atoms with Crippen molar-refractivity contribution in [3.05, 3.63) is 36.0 Å². The van der Waals surface area contributed by atoms with E-state index in [1.807, 2.05) is 0 Å². The first-order chi connectivity index (χ1) is 8.35. The quantitative estimate of drug-likeness (QED) is 0.775. The van der Waals surface area contributed by atoms with Crippen molar-refractivity contribution in [1.29, 1.82) is 0 Å². The highest BCUT2D eigenvalue weighted by molar-refractivity contribution is 5.80. The van der Waals surface area contributed by atoms with Gasteiger partial charge in [0.05, 0.1) is 0 Å². The standard InChI is InChI=1S/C14H20N2O/c1-3-7-15-10-12-4-5-14-13(9-12)6-8-16(14)11-17-2/h4-6,8-9,15H,3,7,10-11H2,1-2H3. The third-order valence-electron chi connectivity index (χ3n) is 2.86. The van der Waals surface area contributed by atoms with Crippen LogP contribution in [0, 0.1) is 0 Å². The number of hydrogen-bond donors (Lipinski definition) is 1. The third-order valence-corrected chi connectivity index (χ3v) is 2.86. The lowest BCUT2D eigenvalue weighted by Crippen LogP contribution is -2.13. The van der Waals surface area contributed by atoms with Crippen LogP contribution in [0.4, 0.5) is 0 Å². The molecule has 0 atom stereocenters. The van der Waals surface area contributed by atoms with Crippen LogP contribution in [-0.4, -0.2) is 18.2 Å². The average molecular weight is 232 g/mol. The molecule has 1 N–H and O–H groups in total. The van der Waals surface area contributed by atoms with Crippen molar-refractivity contribution < 1.29 is 4.74 Å². The number of ether oxygens (including phenoxy) is 1. The number of aromatic nitrogens is 1. The van der Waals surface area contributed by atoms with Crippen molar-refractivity contribution in [2.75, 3.05) is 13.7 Å². The Morgan fingerprint density at radius 3 is 2.94 bits per heavy atom. The second kappa shape index (κ2) is 5.84. The minimum Gasteiger partial charge on any atom is -0.364 e. The Morgan fingerprint density at radius 2 is 2.18 bits per heavy atom. The molecule has 0 unspecified atom stereocenters. The van der Waals surface area contributed by atoms with Crippen molar-refractivity contribution in [1.82, 2.24) is 9.88 Å². The smallest absolute Gasteiger partial charge is 0.122 e. The van der Waals surface area contributed by atoms with Gasteiger partial charge in [0, 0.05) is 25.4 Å². The van der Waals surface area contributed by atoms with Crippen LogP contribution in [0.2, 0.25) is 0 Å². The molecule has 2 rings (SSSR count). The first-order valence-corrected chi connectivity index (χ1v) is 6.12. The zero-order valence-electron chi connectivity index (χ0n) is 10.6. The third kappa shape index (κ3) is 2.87. The Kier molecular flexibility index (Phi) is 4.18. The summed E-state index contributed by atoms with van der Waals surface area (Å²) in [5, 5.41) is 4.69. The Bertz CT molecular complexity index is 476. The van der Waals surface area contributed by atoms with Gasteiger partial charge in [-0.1, -0.05) is 13.0 Å². The number of benzene rings is 1. The monoisotopic (exact) mass is 232 g/mol. The minimum atomic E-state index is 0.608. The summed E-state index contributed by atoms with van der Waals surface area (Å²) in [5.41, 5.74) is 2.56. The average Bonchev–Trinajstić information content (AvgIpc) is 2.73. The molecule has 0 radical (unpaired) electrons. The van der Waals surface area contributed by atoms with Gasteiger partial charge in [-0.05, 0) is 42.1 Å². The Hall–Kier alpha value is -1.32. The first-order valence-electron chi connectivity index (χ1n) is 6.12. The first kappa shape index (κ1) is 12.1. The molecule has 0 aliphatic rings. The Labute approximate surface area is 102 Å². The summed E-state index contributed by atoms with van der Waals surface area (Å²) in [4.78, 5) is 0. The Morgan fingerprint density at radius 1 is 1.29 bits per heavy atom. The van der Waals surface area contributed by atoms with E-state index in [4.69, 9.17) is 4.74 Å². The van der Waals surface area contributed by atoms with E-state index in [1.54, 1.807) is 7.11 Å². The van der Waals surface area contributed by atoms with Gasteiger partial charge in [-0.15, -0.1) is 0 Å². The number of fused-ring (bicyclic) bond motifs is 1. The van der Waals surface area contributed by atoms with Gasteiger partial charge in [-0.25, -0.2) is 0 Å². The van der Waals surface area contributed by atoms with Crippen molar-refractivity contribution in [3.8, 4) is 0 Å². The van der Waals surface area contributed by atoms with Gasteiger partial charge in [0.2, 0.25) is 0 Å². The van der Waals surface area contributed by atoms with E-state index < -0.39 is 0 Å². The van der Waals surface area contributed by atoms with Gasteiger partial charge in [-0.2, -0.15) is 0 Å². The molecule has 1 aromatic carbocycles. The zero-order valence-corrected chi connectivity index (χ0v) is 10.6. The van der Waals surface area contributed by atoms with Crippen molar-refractivity contribution in [2.45, 2.75) is 26.6 Å². The highest BCUT2D eigenvalue weighted by atomic mass is 16.5. The molecule has 3 heteroatoms. The van der Waals surface area contributed by atoms with E-state index in [9.17, 15) is 0 Å². The number of rotatable bonds is 6. The maximum atomic E-state index is 5.15. The summed E-state index contributed by atoms with van der Waals surface area (Å²) < 4.78 is 7.26. The highest BCUT2D eigenvalue weighted by Crippen LogP contribution is 2.17. The molecular formula is C14H20N2O. The summed E-state index contributed by atoms with van der Waals surface area (Å²) in [6.45, 7) is 4.81. The summed E-state index contributed by atoms with van der Waals surface area (Å²) in [6, 6.07) is 8.72. The summed E-state index contributed by atoms with van der Waals surface area (Å²) in [7, 11) is 1.72. The lowest BCUT2D eigenvalue weighted by atomic mass is 10.1. The van der Waals surface area contributed by atoms with Crippen molar-refractivity contribution in [3.63, 3.8) is 0 Å². The molecule has 0 spiro atoms. The molecule has 0 saturated carbocycles. The molecule has 1 heterocycles. The lowest BCUT2D eigenvalue weighted by molar-refractivity contribution is 0.135. The van der Waals surface area contributed by atoms with E-state index in [2.05, 4.69) is 47.3 Å². The van der Waals surface area contributed by atoms with Crippen molar-refractivity contribution in [2.24, 2.45) is 0 Å². The van der Waals surface area contributed by atoms with Crippen LogP contribution < -0.4 is 5.32 Å². The molecule has 0 saturated heterocycles. The maximum Gasteiger partial charge on any atom is 0.122 e. The molecule has 17 heavy (non-hydrogen) atoms. The molecule has 0 aliphatic carbocycles. The Balaban J connectivity index is 2.14. The summed E-state index contributed by atoms with van der Waals surface area (Å²) >= 11 is 0. The minimum absolute atomic E-state index is 0.608. The van der Waals surface area contributed by atoms with Gasteiger partial charge in [-0.3, -0.25) is 0 Å². The molecule has 1 aromatic heterocycles. The maximum absolute atomic E-state index is 5.15. The molecule has 0 aliphatic heterocycles. The molecule has 3 nitrogen and oxygen atoms in total. The molecule has 0 fully saturated rings. The predicted octanol–water partition coefficient (Wildman–Crippen LogP) is 2.74. The number of methoxy groups -OCH3 is 1. The van der Waals surface area contributed by atoms with Crippen LogP contribution in [0.25, 0.3) is 10.9 Å². The van der Waals surface area contributed by atoms with Crippen LogP contribution in [0.15, 0.2) is 30.5 Å². The molecular weight excluding hydrogens is 212 g/mol. The van der Waals surface area contributed by atoms with Crippen LogP contribution in [-0.2, 0) is 18.0 Å². The lowest BCUT2D eigenvalue weighted by Gasteiger charge is -2.06. The normalized spacial score (nSPS) is 11.2.